The lowest BCUT2D eigenvalue weighted by molar-refractivity contribution is -0.113. The predicted octanol–water partition coefficient (Wildman–Crippen LogP) is 1.06. The summed E-state index contributed by atoms with van der Waals surface area (Å²) in [6, 6.07) is 3.78. The van der Waals surface area contributed by atoms with Crippen LogP contribution in [0.5, 0.6) is 0 Å². The highest BCUT2D eigenvalue weighted by atomic mass is 16.1. The average molecular weight is 187 g/mol. The van der Waals surface area contributed by atoms with Crippen LogP contribution in [0.25, 0.3) is 17.1 Å². The average Bonchev–Trinajstić information content (AvgIpc) is 2.58. The van der Waals surface area contributed by atoms with Crippen LogP contribution in [0, 0.1) is 0 Å². The maximum absolute atomic E-state index is 10.5. The molecule has 14 heavy (non-hydrogen) atoms. The van der Waals surface area contributed by atoms with Gasteiger partial charge in [-0.3, -0.25) is 4.79 Å². The number of amides is 1. The second-order valence-corrected chi connectivity index (χ2v) is 2.88. The summed E-state index contributed by atoms with van der Waals surface area (Å²) >= 11 is 0. The van der Waals surface area contributed by atoms with Crippen LogP contribution in [0.15, 0.2) is 30.6 Å². The highest BCUT2D eigenvalue weighted by molar-refractivity contribution is 5.94. The van der Waals surface area contributed by atoms with Crippen LogP contribution in [0.3, 0.4) is 0 Å². The van der Waals surface area contributed by atoms with Gasteiger partial charge in [-0.15, -0.1) is 0 Å². The summed E-state index contributed by atoms with van der Waals surface area (Å²) in [5, 5.41) is 0.977. The van der Waals surface area contributed by atoms with Gasteiger partial charge in [0.25, 0.3) is 0 Å². The Hall–Kier alpha value is -2.10. The standard InChI is InChI=1S/C10H9N3O/c11-9(14)4-3-7-6-13-10-8(7)2-1-5-12-10/h1-6H,(H2,11,14)(H,12,13)/b4-3+. The molecule has 0 aromatic carbocycles. The van der Waals surface area contributed by atoms with Crippen molar-refractivity contribution in [1.29, 1.82) is 0 Å². The summed E-state index contributed by atoms with van der Waals surface area (Å²) in [7, 11) is 0. The number of hydrogen-bond donors (Lipinski definition) is 2. The minimum Gasteiger partial charge on any atom is -0.366 e. The fraction of sp³-hybridized carbons (Fsp3) is 0. The molecule has 70 valence electrons. The molecule has 0 aliphatic carbocycles. The summed E-state index contributed by atoms with van der Waals surface area (Å²) in [5.41, 5.74) is 6.71. The number of aromatic amines is 1. The third kappa shape index (κ3) is 1.50. The van der Waals surface area contributed by atoms with E-state index in [0.717, 1.165) is 16.6 Å². The zero-order chi connectivity index (χ0) is 9.97. The zero-order valence-electron chi connectivity index (χ0n) is 7.40. The summed E-state index contributed by atoms with van der Waals surface area (Å²) in [5.74, 6) is -0.455. The van der Waals surface area contributed by atoms with E-state index in [2.05, 4.69) is 9.97 Å². The Morgan fingerprint density at radius 2 is 2.43 bits per heavy atom. The number of hydrogen-bond acceptors (Lipinski definition) is 2. The molecule has 0 spiro atoms. The van der Waals surface area contributed by atoms with Gasteiger partial charge in [0.2, 0.25) is 5.91 Å². The molecule has 4 nitrogen and oxygen atoms in total. The van der Waals surface area contributed by atoms with Gasteiger partial charge in [0, 0.05) is 29.4 Å². The van der Waals surface area contributed by atoms with Crippen LogP contribution >= 0.6 is 0 Å². The van der Waals surface area contributed by atoms with Crippen LogP contribution in [-0.2, 0) is 4.79 Å². The molecule has 0 radical (unpaired) electrons. The normalized spacial score (nSPS) is 11.1. The lowest BCUT2D eigenvalue weighted by Crippen LogP contribution is -2.04. The quantitative estimate of drug-likeness (QED) is 0.690. The molecule has 0 saturated heterocycles. The fourth-order valence-corrected chi connectivity index (χ4v) is 1.29. The van der Waals surface area contributed by atoms with Gasteiger partial charge in [-0.25, -0.2) is 4.98 Å². The van der Waals surface area contributed by atoms with E-state index < -0.39 is 5.91 Å². The molecule has 2 aromatic rings. The third-order valence-electron chi connectivity index (χ3n) is 1.91. The van der Waals surface area contributed by atoms with E-state index in [1.165, 1.54) is 6.08 Å². The van der Waals surface area contributed by atoms with Gasteiger partial charge in [0.15, 0.2) is 0 Å². The maximum Gasteiger partial charge on any atom is 0.241 e. The van der Waals surface area contributed by atoms with Gasteiger partial charge >= 0.3 is 0 Å². The Bertz CT molecular complexity index is 499. The number of primary amides is 1. The lowest BCUT2D eigenvalue weighted by atomic mass is 10.2. The molecule has 0 bridgehead atoms. The van der Waals surface area contributed by atoms with Gasteiger partial charge < -0.3 is 10.7 Å². The van der Waals surface area contributed by atoms with Crippen LogP contribution in [0.4, 0.5) is 0 Å². The second-order valence-electron chi connectivity index (χ2n) is 2.88. The summed E-state index contributed by atoms with van der Waals surface area (Å²) in [6.45, 7) is 0. The number of pyridine rings is 1. The first-order valence-corrected chi connectivity index (χ1v) is 4.17. The molecule has 0 aliphatic rings. The highest BCUT2D eigenvalue weighted by Crippen LogP contribution is 2.16. The van der Waals surface area contributed by atoms with Crippen molar-refractivity contribution < 1.29 is 4.79 Å². The molecule has 3 N–H and O–H groups in total. The molecular formula is C10H9N3O. The van der Waals surface area contributed by atoms with Gasteiger partial charge in [0.05, 0.1) is 0 Å². The van der Waals surface area contributed by atoms with E-state index in [1.807, 2.05) is 12.1 Å². The first kappa shape index (κ1) is 8.50. The van der Waals surface area contributed by atoms with Crippen molar-refractivity contribution in [3.05, 3.63) is 36.2 Å². The number of carbonyl (C=O) groups is 1. The second kappa shape index (κ2) is 3.33. The summed E-state index contributed by atoms with van der Waals surface area (Å²) < 4.78 is 0. The van der Waals surface area contributed by atoms with Crippen molar-refractivity contribution >= 4 is 23.0 Å². The van der Waals surface area contributed by atoms with E-state index in [-0.39, 0.29) is 0 Å². The molecule has 0 saturated carbocycles. The van der Waals surface area contributed by atoms with E-state index in [9.17, 15) is 4.79 Å². The van der Waals surface area contributed by atoms with Crippen molar-refractivity contribution in [2.45, 2.75) is 0 Å². The van der Waals surface area contributed by atoms with E-state index >= 15 is 0 Å². The largest absolute Gasteiger partial charge is 0.366 e. The van der Waals surface area contributed by atoms with Crippen LogP contribution in [0.1, 0.15) is 5.56 Å². The highest BCUT2D eigenvalue weighted by Gasteiger charge is 1.99. The number of nitrogens with one attached hydrogen (secondary N) is 1. The molecular weight excluding hydrogens is 178 g/mol. The number of aromatic nitrogens is 2. The number of fused-ring (bicyclic) bond motifs is 1. The van der Waals surface area contributed by atoms with Gasteiger partial charge in [-0.2, -0.15) is 0 Å². The van der Waals surface area contributed by atoms with Crippen LogP contribution < -0.4 is 5.73 Å². The SMILES string of the molecule is NC(=O)/C=C/c1c[nH]c2ncccc12. The van der Waals surface area contributed by atoms with Gasteiger partial charge in [-0.05, 0) is 18.2 Å². The first-order valence-electron chi connectivity index (χ1n) is 4.17. The summed E-state index contributed by atoms with van der Waals surface area (Å²) in [4.78, 5) is 17.7. The molecule has 0 fully saturated rings. The van der Waals surface area contributed by atoms with Crippen molar-refractivity contribution in [3.63, 3.8) is 0 Å². The number of carbonyl (C=O) groups excluding carboxylic acids is 1. The van der Waals surface area contributed by atoms with Crippen molar-refractivity contribution in [3.8, 4) is 0 Å². The topological polar surface area (TPSA) is 71.8 Å². The fourth-order valence-electron chi connectivity index (χ4n) is 1.29. The predicted molar refractivity (Wildman–Crippen MR) is 54.3 cm³/mol. The van der Waals surface area contributed by atoms with Crippen molar-refractivity contribution in [2.24, 2.45) is 5.73 Å². The van der Waals surface area contributed by atoms with Gasteiger partial charge in [0.1, 0.15) is 5.65 Å². The molecule has 2 aromatic heterocycles. The number of H-pyrrole nitrogens is 1. The molecule has 2 heterocycles. The van der Waals surface area contributed by atoms with Crippen molar-refractivity contribution in [1.82, 2.24) is 9.97 Å². The first-order chi connectivity index (χ1) is 6.77. The van der Waals surface area contributed by atoms with Crippen LogP contribution in [0.2, 0.25) is 0 Å². The van der Waals surface area contributed by atoms with Crippen LogP contribution in [-0.4, -0.2) is 15.9 Å². The molecule has 0 aliphatic heterocycles. The number of nitrogens with zero attached hydrogens (tertiary/aromatic N) is 1. The van der Waals surface area contributed by atoms with E-state index in [0.29, 0.717) is 0 Å². The number of rotatable bonds is 2. The Balaban J connectivity index is 2.48. The Morgan fingerprint density at radius 3 is 3.21 bits per heavy atom. The smallest absolute Gasteiger partial charge is 0.241 e. The molecule has 4 heteroatoms. The monoisotopic (exact) mass is 187 g/mol. The minimum absolute atomic E-state index is 0.455. The van der Waals surface area contributed by atoms with E-state index in [4.69, 9.17) is 5.73 Å². The Labute approximate surface area is 80.4 Å². The minimum atomic E-state index is -0.455. The molecule has 0 unspecified atom stereocenters. The molecule has 1 amide bonds. The van der Waals surface area contributed by atoms with Gasteiger partial charge in [-0.1, -0.05) is 0 Å². The lowest BCUT2D eigenvalue weighted by Gasteiger charge is -1.88. The maximum atomic E-state index is 10.5. The van der Waals surface area contributed by atoms with E-state index in [1.54, 1.807) is 18.5 Å². The Morgan fingerprint density at radius 1 is 1.57 bits per heavy atom. The molecule has 0 atom stereocenters. The summed E-state index contributed by atoms with van der Waals surface area (Å²) in [6.07, 6.45) is 6.50. The molecule has 2 rings (SSSR count). The third-order valence-corrected chi connectivity index (χ3v) is 1.91. The van der Waals surface area contributed by atoms with Crippen molar-refractivity contribution in [2.75, 3.05) is 0 Å². The zero-order valence-corrected chi connectivity index (χ0v) is 7.40. The number of nitrogens with two attached hydrogens (primary N) is 1. The Kier molecular flexibility index (Phi) is 2.02.